The molecule has 0 unspecified atom stereocenters. The topological polar surface area (TPSA) is 70.3 Å². The fourth-order valence-corrected chi connectivity index (χ4v) is 1.35. The quantitative estimate of drug-likeness (QED) is 0.838. The molecule has 0 amide bonds. The van der Waals surface area contributed by atoms with Gasteiger partial charge in [-0.05, 0) is 26.0 Å². The van der Waals surface area contributed by atoms with Gasteiger partial charge < -0.3 is 15.2 Å². The van der Waals surface area contributed by atoms with Crippen LogP contribution in [0.5, 0.6) is 17.6 Å². The number of nitrogens with two attached hydrogens (primary N) is 1. The van der Waals surface area contributed by atoms with Crippen LogP contribution < -0.4 is 15.2 Å². The first-order chi connectivity index (χ1) is 8.65. The molecule has 2 aromatic rings. The summed E-state index contributed by atoms with van der Waals surface area (Å²) in [6.45, 7) is 3.86. The van der Waals surface area contributed by atoms with E-state index in [0.717, 1.165) is 0 Å². The van der Waals surface area contributed by atoms with Gasteiger partial charge in [-0.25, -0.2) is 4.98 Å². The SMILES string of the molecule is CC(C)Oc1ccnc(Oc2ccccc2N)n1. The number of benzene rings is 1. The Bertz CT molecular complexity index is 529. The molecule has 2 rings (SSSR count). The lowest BCUT2D eigenvalue weighted by atomic mass is 10.3. The number of para-hydroxylation sites is 2. The number of aromatic nitrogens is 2. The zero-order chi connectivity index (χ0) is 13.0. The van der Waals surface area contributed by atoms with Crippen LogP contribution >= 0.6 is 0 Å². The standard InChI is InChI=1S/C13H15N3O2/c1-9(2)17-12-7-8-15-13(16-12)18-11-6-4-3-5-10(11)14/h3-9H,14H2,1-2H3. The van der Waals surface area contributed by atoms with Crippen LogP contribution in [0.25, 0.3) is 0 Å². The number of rotatable bonds is 4. The van der Waals surface area contributed by atoms with Crippen LogP contribution in [-0.2, 0) is 0 Å². The fraction of sp³-hybridized carbons (Fsp3) is 0.231. The second-order valence-corrected chi connectivity index (χ2v) is 3.98. The zero-order valence-corrected chi connectivity index (χ0v) is 10.3. The average molecular weight is 245 g/mol. The van der Waals surface area contributed by atoms with Gasteiger partial charge in [0.05, 0.1) is 11.8 Å². The van der Waals surface area contributed by atoms with Gasteiger partial charge in [0.15, 0.2) is 5.75 Å². The maximum atomic E-state index is 5.78. The monoisotopic (exact) mass is 245 g/mol. The first-order valence-electron chi connectivity index (χ1n) is 5.67. The Morgan fingerprint density at radius 2 is 1.94 bits per heavy atom. The summed E-state index contributed by atoms with van der Waals surface area (Å²) in [6, 6.07) is 9.08. The van der Waals surface area contributed by atoms with Crippen molar-refractivity contribution in [2.24, 2.45) is 0 Å². The number of hydrogen-bond acceptors (Lipinski definition) is 5. The molecule has 0 fully saturated rings. The van der Waals surface area contributed by atoms with Crippen molar-refractivity contribution in [3.63, 3.8) is 0 Å². The van der Waals surface area contributed by atoms with E-state index in [-0.39, 0.29) is 12.1 Å². The molecule has 94 valence electrons. The lowest BCUT2D eigenvalue weighted by Crippen LogP contribution is -2.07. The van der Waals surface area contributed by atoms with Crippen molar-refractivity contribution in [2.45, 2.75) is 20.0 Å². The third-order valence-corrected chi connectivity index (χ3v) is 2.08. The molecule has 0 saturated heterocycles. The van der Waals surface area contributed by atoms with E-state index < -0.39 is 0 Å². The van der Waals surface area contributed by atoms with Crippen molar-refractivity contribution in [3.05, 3.63) is 36.5 Å². The maximum absolute atomic E-state index is 5.78. The van der Waals surface area contributed by atoms with Crippen molar-refractivity contribution in [3.8, 4) is 17.6 Å². The molecule has 1 aromatic carbocycles. The number of nitrogens with zero attached hydrogens (tertiary/aromatic N) is 2. The van der Waals surface area contributed by atoms with E-state index in [4.69, 9.17) is 15.2 Å². The van der Waals surface area contributed by atoms with E-state index >= 15 is 0 Å². The van der Waals surface area contributed by atoms with Crippen LogP contribution in [0.3, 0.4) is 0 Å². The fourth-order valence-electron chi connectivity index (χ4n) is 1.35. The largest absolute Gasteiger partial charge is 0.475 e. The highest BCUT2D eigenvalue weighted by atomic mass is 16.5. The Hall–Kier alpha value is -2.30. The third-order valence-electron chi connectivity index (χ3n) is 2.08. The molecule has 5 nitrogen and oxygen atoms in total. The molecule has 18 heavy (non-hydrogen) atoms. The highest BCUT2D eigenvalue weighted by Gasteiger charge is 2.06. The Balaban J connectivity index is 2.17. The van der Waals surface area contributed by atoms with Crippen molar-refractivity contribution in [2.75, 3.05) is 5.73 Å². The minimum Gasteiger partial charge on any atom is -0.475 e. The highest BCUT2D eigenvalue weighted by Crippen LogP contribution is 2.25. The number of ether oxygens (including phenoxy) is 2. The van der Waals surface area contributed by atoms with Crippen LogP contribution in [0.2, 0.25) is 0 Å². The first kappa shape index (κ1) is 12.2. The molecule has 0 aliphatic heterocycles. The zero-order valence-electron chi connectivity index (χ0n) is 10.3. The molecular weight excluding hydrogens is 230 g/mol. The molecule has 0 atom stereocenters. The van der Waals surface area contributed by atoms with Crippen molar-refractivity contribution < 1.29 is 9.47 Å². The second kappa shape index (κ2) is 5.35. The summed E-state index contributed by atoms with van der Waals surface area (Å²) >= 11 is 0. The summed E-state index contributed by atoms with van der Waals surface area (Å²) in [6.07, 6.45) is 1.63. The molecule has 5 heteroatoms. The molecule has 2 N–H and O–H groups in total. The average Bonchev–Trinajstić information content (AvgIpc) is 2.32. The van der Waals surface area contributed by atoms with Gasteiger partial charge in [-0.3, -0.25) is 0 Å². The number of hydrogen-bond donors (Lipinski definition) is 1. The van der Waals surface area contributed by atoms with Crippen molar-refractivity contribution in [1.29, 1.82) is 0 Å². The molecular formula is C13H15N3O2. The predicted molar refractivity (Wildman–Crippen MR) is 68.7 cm³/mol. The summed E-state index contributed by atoms with van der Waals surface area (Å²) in [5, 5.41) is 0. The van der Waals surface area contributed by atoms with E-state index in [1.807, 2.05) is 26.0 Å². The minimum absolute atomic E-state index is 0.0505. The van der Waals surface area contributed by atoms with E-state index in [0.29, 0.717) is 17.3 Å². The van der Waals surface area contributed by atoms with Gasteiger partial charge in [0.25, 0.3) is 0 Å². The van der Waals surface area contributed by atoms with E-state index in [1.54, 1.807) is 24.4 Å². The summed E-state index contributed by atoms with van der Waals surface area (Å²) < 4.78 is 11.0. The Morgan fingerprint density at radius 3 is 2.67 bits per heavy atom. The van der Waals surface area contributed by atoms with Crippen molar-refractivity contribution in [1.82, 2.24) is 9.97 Å². The van der Waals surface area contributed by atoms with Crippen LogP contribution in [-0.4, -0.2) is 16.1 Å². The molecule has 0 bridgehead atoms. The number of anilines is 1. The lowest BCUT2D eigenvalue weighted by Gasteiger charge is -2.10. The molecule has 0 saturated carbocycles. The summed E-state index contributed by atoms with van der Waals surface area (Å²) in [5.74, 6) is 1.00. The Kier molecular flexibility index (Phi) is 3.62. The lowest BCUT2D eigenvalue weighted by molar-refractivity contribution is 0.229. The minimum atomic E-state index is 0.0505. The molecule has 0 aliphatic rings. The third kappa shape index (κ3) is 3.10. The predicted octanol–water partition coefficient (Wildman–Crippen LogP) is 2.64. The van der Waals surface area contributed by atoms with E-state index in [9.17, 15) is 0 Å². The summed E-state index contributed by atoms with van der Waals surface area (Å²) in [5.41, 5.74) is 6.31. The Morgan fingerprint density at radius 1 is 1.17 bits per heavy atom. The summed E-state index contributed by atoms with van der Waals surface area (Å²) in [7, 11) is 0. The van der Waals surface area contributed by atoms with Crippen LogP contribution in [0, 0.1) is 0 Å². The molecule has 0 spiro atoms. The first-order valence-corrected chi connectivity index (χ1v) is 5.67. The van der Waals surface area contributed by atoms with Gasteiger partial charge in [-0.2, -0.15) is 4.98 Å². The molecule has 1 aromatic heterocycles. The smallest absolute Gasteiger partial charge is 0.325 e. The second-order valence-electron chi connectivity index (χ2n) is 3.98. The van der Waals surface area contributed by atoms with Gasteiger partial charge in [0.1, 0.15) is 0 Å². The number of nitrogen functional groups attached to an aromatic ring is 1. The van der Waals surface area contributed by atoms with Crippen LogP contribution in [0.4, 0.5) is 5.69 Å². The van der Waals surface area contributed by atoms with Crippen LogP contribution in [0.1, 0.15) is 13.8 Å². The van der Waals surface area contributed by atoms with Gasteiger partial charge in [0, 0.05) is 12.3 Å². The van der Waals surface area contributed by atoms with Gasteiger partial charge in [0.2, 0.25) is 5.88 Å². The van der Waals surface area contributed by atoms with Gasteiger partial charge in [-0.15, -0.1) is 0 Å². The van der Waals surface area contributed by atoms with Crippen molar-refractivity contribution >= 4 is 5.69 Å². The highest BCUT2D eigenvalue weighted by molar-refractivity contribution is 5.52. The molecule has 1 heterocycles. The van der Waals surface area contributed by atoms with Gasteiger partial charge >= 0.3 is 6.01 Å². The van der Waals surface area contributed by atoms with Crippen LogP contribution in [0.15, 0.2) is 36.5 Å². The molecule has 0 aliphatic carbocycles. The Labute approximate surface area is 106 Å². The van der Waals surface area contributed by atoms with Gasteiger partial charge in [-0.1, -0.05) is 12.1 Å². The van der Waals surface area contributed by atoms with E-state index in [1.165, 1.54) is 0 Å². The maximum Gasteiger partial charge on any atom is 0.325 e. The molecule has 0 radical (unpaired) electrons. The summed E-state index contributed by atoms with van der Waals surface area (Å²) in [4.78, 5) is 8.15. The normalized spacial score (nSPS) is 10.4. The van der Waals surface area contributed by atoms with E-state index in [2.05, 4.69) is 9.97 Å².